The highest BCUT2D eigenvalue weighted by atomic mass is 35.5. The predicted molar refractivity (Wildman–Crippen MR) is 120 cm³/mol. The monoisotopic (exact) mass is 433 g/mol. The van der Waals surface area contributed by atoms with Crippen LogP contribution >= 0.6 is 23.7 Å². The van der Waals surface area contributed by atoms with E-state index in [2.05, 4.69) is 11.1 Å². The normalized spacial score (nSPS) is 10.7. The second-order valence-electron chi connectivity index (χ2n) is 6.80. The van der Waals surface area contributed by atoms with Gasteiger partial charge in [-0.1, -0.05) is 17.4 Å². The Bertz CT molecular complexity index is 1000. The zero-order valence-corrected chi connectivity index (χ0v) is 18.5. The van der Waals surface area contributed by atoms with Crippen molar-refractivity contribution < 1.29 is 14.3 Å². The summed E-state index contributed by atoms with van der Waals surface area (Å²) in [5, 5.41) is 0.671. The van der Waals surface area contributed by atoms with Gasteiger partial charge >= 0.3 is 5.97 Å². The van der Waals surface area contributed by atoms with Crippen molar-refractivity contribution in [3.63, 3.8) is 0 Å². The van der Waals surface area contributed by atoms with Gasteiger partial charge in [0, 0.05) is 18.7 Å². The van der Waals surface area contributed by atoms with Crippen LogP contribution in [0.25, 0.3) is 10.2 Å². The molecule has 0 aliphatic carbocycles. The van der Waals surface area contributed by atoms with E-state index in [0.29, 0.717) is 29.3 Å². The van der Waals surface area contributed by atoms with Crippen molar-refractivity contribution in [3.8, 4) is 0 Å². The summed E-state index contributed by atoms with van der Waals surface area (Å²) in [5.41, 5.74) is 2.96. The van der Waals surface area contributed by atoms with Gasteiger partial charge in [0.25, 0.3) is 5.91 Å². The predicted octanol–water partition coefficient (Wildman–Crippen LogP) is 4.02. The molecular formula is C21H24ClN3O3S. The number of anilines is 1. The molecule has 1 amide bonds. The van der Waals surface area contributed by atoms with Gasteiger partial charge in [0.05, 0.1) is 22.9 Å². The lowest BCUT2D eigenvalue weighted by Crippen LogP contribution is -2.36. The molecule has 0 bridgehead atoms. The summed E-state index contributed by atoms with van der Waals surface area (Å²) in [7, 11) is 5.27. The molecule has 0 spiro atoms. The summed E-state index contributed by atoms with van der Waals surface area (Å²) in [4.78, 5) is 33.2. The minimum atomic E-state index is -0.426. The van der Waals surface area contributed by atoms with Crippen molar-refractivity contribution in [2.24, 2.45) is 0 Å². The molecule has 6 nitrogen and oxygen atoms in total. The van der Waals surface area contributed by atoms with Gasteiger partial charge in [0.15, 0.2) is 5.13 Å². The van der Waals surface area contributed by atoms with Crippen LogP contribution in [0.5, 0.6) is 0 Å². The second kappa shape index (κ2) is 9.82. The van der Waals surface area contributed by atoms with E-state index in [1.54, 1.807) is 29.2 Å². The third kappa shape index (κ3) is 5.32. The van der Waals surface area contributed by atoms with Crippen LogP contribution in [-0.2, 0) is 4.74 Å². The van der Waals surface area contributed by atoms with E-state index in [-0.39, 0.29) is 18.3 Å². The van der Waals surface area contributed by atoms with Crippen LogP contribution in [0.3, 0.4) is 0 Å². The SMILES string of the molecule is COC(=O)c1ccc(C(=O)N(CCN(C)C)c2nc3ccc(C)cc3s2)cc1.Cl. The quantitative estimate of drug-likeness (QED) is 0.549. The number of hydrogen-bond donors (Lipinski definition) is 0. The maximum absolute atomic E-state index is 13.2. The summed E-state index contributed by atoms with van der Waals surface area (Å²) in [6.45, 7) is 3.26. The largest absolute Gasteiger partial charge is 0.465 e. The van der Waals surface area contributed by atoms with Gasteiger partial charge in [-0.2, -0.15) is 0 Å². The zero-order chi connectivity index (χ0) is 20.3. The number of rotatable bonds is 6. The molecule has 0 saturated heterocycles. The Morgan fingerprint density at radius 1 is 1.03 bits per heavy atom. The number of thiazole rings is 1. The summed E-state index contributed by atoms with van der Waals surface area (Å²) < 4.78 is 5.77. The van der Waals surface area contributed by atoms with Gasteiger partial charge in [-0.15, -0.1) is 12.4 Å². The molecule has 29 heavy (non-hydrogen) atoms. The molecule has 0 N–H and O–H groups in total. The summed E-state index contributed by atoms with van der Waals surface area (Å²) in [5.74, 6) is -0.570. The van der Waals surface area contributed by atoms with Crippen molar-refractivity contribution in [2.75, 3.05) is 39.2 Å². The number of ether oxygens (including phenoxy) is 1. The summed E-state index contributed by atoms with van der Waals surface area (Å²) in [6.07, 6.45) is 0. The molecular weight excluding hydrogens is 410 g/mol. The maximum atomic E-state index is 13.2. The van der Waals surface area contributed by atoms with E-state index in [1.807, 2.05) is 38.1 Å². The number of benzene rings is 2. The molecule has 0 atom stereocenters. The molecule has 0 aliphatic rings. The van der Waals surface area contributed by atoms with Crippen molar-refractivity contribution in [1.29, 1.82) is 0 Å². The van der Waals surface area contributed by atoms with E-state index < -0.39 is 5.97 Å². The number of aryl methyl sites for hydroxylation is 1. The lowest BCUT2D eigenvalue weighted by atomic mass is 10.1. The molecule has 8 heteroatoms. The molecule has 0 saturated carbocycles. The Labute approximate surface area is 180 Å². The highest BCUT2D eigenvalue weighted by Gasteiger charge is 2.22. The number of nitrogens with zero attached hydrogens (tertiary/aromatic N) is 3. The number of aromatic nitrogens is 1. The summed E-state index contributed by atoms with van der Waals surface area (Å²) in [6, 6.07) is 12.6. The Morgan fingerprint density at radius 2 is 1.69 bits per heavy atom. The van der Waals surface area contributed by atoms with Crippen molar-refractivity contribution in [2.45, 2.75) is 6.92 Å². The number of fused-ring (bicyclic) bond motifs is 1. The molecule has 0 unspecified atom stereocenters. The molecule has 0 radical (unpaired) electrons. The van der Waals surface area contributed by atoms with Crippen molar-refractivity contribution >= 4 is 51.0 Å². The fraction of sp³-hybridized carbons (Fsp3) is 0.286. The number of methoxy groups -OCH3 is 1. The first-order chi connectivity index (χ1) is 13.4. The van der Waals surface area contributed by atoms with E-state index in [9.17, 15) is 9.59 Å². The number of esters is 1. The molecule has 0 aliphatic heterocycles. The number of amides is 1. The van der Waals surface area contributed by atoms with Gasteiger partial charge in [0.1, 0.15) is 0 Å². The topological polar surface area (TPSA) is 62.7 Å². The van der Waals surface area contributed by atoms with Gasteiger partial charge in [-0.25, -0.2) is 9.78 Å². The van der Waals surface area contributed by atoms with Gasteiger partial charge in [-0.05, 0) is 63.0 Å². The average Bonchev–Trinajstić information content (AvgIpc) is 3.10. The molecule has 1 heterocycles. The van der Waals surface area contributed by atoms with Crippen LogP contribution in [0.1, 0.15) is 26.3 Å². The Morgan fingerprint density at radius 3 is 2.31 bits per heavy atom. The molecule has 154 valence electrons. The Kier molecular flexibility index (Phi) is 7.73. The molecule has 0 fully saturated rings. The number of hydrogen-bond acceptors (Lipinski definition) is 6. The number of carbonyl (C=O) groups excluding carboxylic acids is 2. The first-order valence-corrected chi connectivity index (χ1v) is 9.73. The van der Waals surface area contributed by atoms with Crippen LogP contribution < -0.4 is 4.90 Å². The van der Waals surface area contributed by atoms with Crippen LogP contribution in [0, 0.1) is 6.92 Å². The van der Waals surface area contributed by atoms with Crippen LogP contribution in [0.2, 0.25) is 0 Å². The van der Waals surface area contributed by atoms with Crippen LogP contribution in [0.4, 0.5) is 5.13 Å². The molecule has 3 aromatic rings. The standard InChI is InChI=1S/C21H23N3O3S.ClH/c1-14-5-10-17-18(13-14)28-21(22-17)24(12-11-23(2)3)19(25)15-6-8-16(9-7-15)20(26)27-4;/h5-10,13H,11-12H2,1-4H3;1H. The average molecular weight is 434 g/mol. The third-order valence-corrected chi connectivity index (χ3v) is 5.37. The van der Waals surface area contributed by atoms with E-state index >= 15 is 0 Å². The van der Waals surface area contributed by atoms with E-state index in [1.165, 1.54) is 18.4 Å². The molecule has 3 rings (SSSR count). The molecule has 2 aromatic carbocycles. The minimum absolute atomic E-state index is 0. The number of carbonyl (C=O) groups is 2. The van der Waals surface area contributed by atoms with Crippen molar-refractivity contribution in [3.05, 3.63) is 59.2 Å². The van der Waals surface area contributed by atoms with Crippen LogP contribution in [0.15, 0.2) is 42.5 Å². The first-order valence-electron chi connectivity index (χ1n) is 8.91. The smallest absolute Gasteiger partial charge is 0.337 e. The lowest BCUT2D eigenvalue weighted by Gasteiger charge is -2.22. The number of likely N-dealkylation sites (N-methyl/N-ethyl adjacent to an activating group) is 1. The third-order valence-electron chi connectivity index (χ3n) is 4.33. The van der Waals surface area contributed by atoms with Gasteiger partial charge < -0.3 is 9.64 Å². The zero-order valence-electron chi connectivity index (χ0n) is 16.8. The first kappa shape index (κ1) is 22.8. The number of halogens is 1. The van der Waals surface area contributed by atoms with E-state index in [4.69, 9.17) is 4.74 Å². The molecule has 1 aromatic heterocycles. The Hall–Kier alpha value is -2.48. The van der Waals surface area contributed by atoms with Crippen molar-refractivity contribution in [1.82, 2.24) is 9.88 Å². The van der Waals surface area contributed by atoms with Gasteiger partial charge in [-0.3, -0.25) is 9.69 Å². The second-order valence-corrected chi connectivity index (χ2v) is 7.81. The fourth-order valence-electron chi connectivity index (χ4n) is 2.74. The maximum Gasteiger partial charge on any atom is 0.337 e. The Balaban J connectivity index is 0.00000300. The van der Waals surface area contributed by atoms with Crippen LogP contribution in [-0.4, -0.2) is 56.1 Å². The van der Waals surface area contributed by atoms with Gasteiger partial charge in [0.2, 0.25) is 0 Å². The summed E-state index contributed by atoms with van der Waals surface area (Å²) >= 11 is 1.51. The lowest BCUT2D eigenvalue weighted by molar-refractivity contribution is 0.0600. The highest BCUT2D eigenvalue weighted by Crippen LogP contribution is 2.30. The minimum Gasteiger partial charge on any atom is -0.465 e. The van der Waals surface area contributed by atoms with E-state index in [0.717, 1.165) is 15.8 Å². The fourth-order valence-corrected chi connectivity index (χ4v) is 3.83. The highest BCUT2D eigenvalue weighted by molar-refractivity contribution is 7.22.